The van der Waals surface area contributed by atoms with Crippen molar-refractivity contribution in [3.05, 3.63) is 23.9 Å². The van der Waals surface area contributed by atoms with E-state index in [0.717, 1.165) is 26.2 Å². The summed E-state index contributed by atoms with van der Waals surface area (Å²) < 4.78 is 5.17. The van der Waals surface area contributed by atoms with E-state index < -0.39 is 0 Å². The molecule has 2 fully saturated rings. The first-order chi connectivity index (χ1) is 9.19. The van der Waals surface area contributed by atoms with E-state index in [1.807, 2.05) is 4.90 Å². The second kappa shape index (κ2) is 4.81. The number of aromatic nitrogens is 1. The molecule has 0 aromatic carbocycles. The molecule has 1 aromatic rings. The van der Waals surface area contributed by atoms with Crippen molar-refractivity contribution >= 4 is 5.91 Å². The van der Waals surface area contributed by atoms with Crippen molar-refractivity contribution in [2.75, 3.05) is 40.3 Å². The SMILES string of the molecule is COc1ncccc1C(=O)N1CC2CN(C)CC2C1. The molecule has 0 spiro atoms. The quantitative estimate of drug-likeness (QED) is 0.787. The molecule has 2 aliphatic heterocycles. The van der Waals surface area contributed by atoms with Gasteiger partial charge in [-0.25, -0.2) is 4.98 Å². The largest absolute Gasteiger partial charge is 0.480 e. The first-order valence-electron chi connectivity index (χ1n) is 6.66. The second-order valence-electron chi connectivity index (χ2n) is 5.51. The Morgan fingerprint density at radius 3 is 2.63 bits per heavy atom. The summed E-state index contributed by atoms with van der Waals surface area (Å²) in [6.45, 7) is 3.90. The van der Waals surface area contributed by atoms with Gasteiger partial charge in [0.05, 0.1) is 7.11 Å². The van der Waals surface area contributed by atoms with Gasteiger partial charge >= 0.3 is 0 Å². The minimum absolute atomic E-state index is 0.0435. The van der Waals surface area contributed by atoms with Crippen molar-refractivity contribution in [3.8, 4) is 5.88 Å². The van der Waals surface area contributed by atoms with Gasteiger partial charge in [-0.05, 0) is 31.0 Å². The van der Waals surface area contributed by atoms with E-state index in [-0.39, 0.29) is 5.91 Å². The van der Waals surface area contributed by atoms with Crippen LogP contribution in [0.3, 0.4) is 0 Å². The Kier molecular flexibility index (Phi) is 3.14. The number of rotatable bonds is 2. The average Bonchev–Trinajstić information content (AvgIpc) is 2.95. The zero-order valence-electron chi connectivity index (χ0n) is 11.4. The van der Waals surface area contributed by atoms with Crippen molar-refractivity contribution < 1.29 is 9.53 Å². The van der Waals surface area contributed by atoms with Crippen molar-refractivity contribution in [1.82, 2.24) is 14.8 Å². The first-order valence-corrected chi connectivity index (χ1v) is 6.66. The third-order valence-electron chi connectivity index (χ3n) is 4.15. The molecule has 19 heavy (non-hydrogen) atoms. The summed E-state index contributed by atoms with van der Waals surface area (Å²) in [4.78, 5) is 20.9. The Bertz CT molecular complexity index is 477. The number of hydrogen-bond acceptors (Lipinski definition) is 4. The summed E-state index contributed by atoms with van der Waals surface area (Å²) in [5.41, 5.74) is 0.568. The molecule has 3 rings (SSSR count). The van der Waals surface area contributed by atoms with Gasteiger partial charge in [0.25, 0.3) is 5.91 Å². The summed E-state index contributed by atoms with van der Waals surface area (Å²) >= 11 is 0. The topological polar surface area (TPSA) is 45.7 Å². The predicted octanol–water partition coefficient (Wildman–Crippen LogP) is 0.724. The number of hydrogen-bond donors (Lipinski definition) is 0. The van der Waals surface area contributed by atoms with Gasteiger partial charge in [0.15, 0.2) is 0 Å². The summed E-state index contributed by atoms with van der Waals surface area (Å²) in [5.74, 6) is 1.71. The van der Waals surface area contributed by atoms with E-state index in [0.29, 0.717) is 23.3 Å². The van der Waals surface area contributed by atoms with E-state index in [1.54, 1.807) is 25.4 Å². The minimum atomic E-state index is 0.0435. The van der Waals surface area contributed by atoms with Gasteiger partial charge in [0.2, 0.25) is 5.88 Å². The van der Waals surface area contributed by atoms with Crippen molar-refractivity contribution in [1.29, 1.82) is 0 Å². The van der Waals surface area contributed by atoms with Crippen LogP contribution >= 0.6 is 0 Å². The van der Waals surface area contributed by atoms with Gasteiger partial charge in [-0.2, -0.15) is 0 Å². The highest BCUT2D eigenvalue weighted by molar-refractivity contribution is 5.96. The highest BCUT2D eigenvalue weighted by Crippen LogP contribution is 2.31. The fourth-order valence-electron chi connectivity index (χ4n) is 3.28. The smallest absolute Gasteiger partial charge is 0.259 e. The fraction of sp³-hybridized carbons (Fsp3) is 0.571. The molecular weight excluding hydrogens is 242 g/mol. The van der Waals surface area contributed by atoms with E-state index in [2.05, 4.69) is 16.9 Å². The Morgan fingerprint density at radius 1 is 1.32 bits per heavy atom. The van der Waals surface area contributed by atoms with Crippen LogP contribution in [0.2, 0.25) is 0 Å². The van der Waals surface area contributed by atoms with Gasteiger partial charge in [-0.3, -0.25) is 4.79 Å². The van der Waals surface area contributed by atoms with Crippen LogP contribution in [0.4, 0.5) is 0 Å². The molecule has 3 heterocycles. The fourth-order valence-corrected chi connectivity index (χ4v) is 3.28. The molecular formula is C14H19N3O2. The maximum absolute atomic E-state index is 12.5. The molecule has 2 aliphatic rings. The third kappa shape index (κ3) is 2.18. The van der Waals surface area contributed by atoms with Crippen LogP contribution in [0.25, 0.3) is 0 Å². The standard InChI is InChI=1S/C14H19N3O2/c1-16-6-10-8-17(9-11(10)7-16)14(18)12-4-3-5-15-13(12)19-2/h3-5,10-11H,6-9H2,1-2H3. The second-order valence-corrected chi connectivity index (χ2v) is 5.51. The van der Waals surface area contributed by atoms with Crippen molar-refractivity contribution in [3.63, 3.8) is 0 Å². The van der Waals surface area contributed by atoms with Gasteiger partial charge in [0.1, 0.15) is 5.56 Å². The third-order valence-corrected chi connectivity index (χ3v) is 4.15. The van der Waals surface area contributed by atoms with Crippen molar-refractivity contribution in [2.45, 2.75) is 0 Å². The van der Waals surface area contributed by atoms with E-state index in [4.69, 9.17) is 4.74 Å². The van der Waals surface area contributed by atoms with Crippen LogP contribution in [-0.2, 0) is 0 Å². The molecule has 102 valence electrons. The number of likely N-dealkylation sites (tertiary alicyclic amines) is 2. The molecule has 5 nitrogen and oxygen atoms in total. The lowest BCUT2D eigenvalue weighted by atomic mass is 10.0. The zero-order valence-corrected chi connectivity index (χ0v) is 11.4. The lowest BCUT2D eigenvalue weighted by molar-refractivity contribution is 0.0771. The van der Waals surface area contributed by atoms with Crippen LogP contribution in [-0.4, -0.2) is 61.0 Å². The molecule has 5 heteroatoms. The summed E-state index contributed by atoms with van der Waals surface area (Å²) in [7, 11) is 3.70. The number of fused-ring (bicyclic) bond motifs is 1. The number of carbonyl (C=O) groups excluding carboxylic acids is 1. The maximum Gasteiger partial charge on any atom is 0.259 e. The molecule has 2 saturated heterocycles. The number of pyridine rings is 1. The molecule has 0 aliphatic carbocycles. The molecule has 0 N–H and O–H groups in total. The molecule has 0 bridgehead atoms. The van der Waals surface area contributed by atoms with Crippen LogP contribution in [0.15, 0.2) is 18.3 Å². The monoisotopic (exact) mass is 261 g/mol. The highest BCUT2D eigenvalue weighted by atomic mass is 16.5. The van der Waals surface area contributed by atoms with Gasteiger partial charge in [-0.1, -0.05) is 0 Å². The maximum atomic E-state index is 12.5. The minimum Gasteiger partial charge on any atom is -0.480 e. The van der Waals surface area contributed by atoms with Crippen molar-refractivity contribution in [2.24, 2.45) is 11.8 Å². The van der Waals surface area contributed by atoms with Gasteiger partial charge in [0, 0.05) is 32.4 Å². The Hall–Kier alpha value is -1.62. The molecule has 2 unspecified atom stereocenters. The van der Waals surface area contributed by atoms with E-state index in [1.165, 1.54) is 0 Å². The van der Waals surface area contributed by atoms with Gasteiger partial charge < -0.3 is 14.5 Å². The Morgan fingerprint density at radius 2 is 2.00 bits per heavy atom. The Labute approximate surface area is 113 Å². The van der Waals surface area contributed by atoms with Crippen LogP contribution in [0.1, 0.15) is 10.4 Å². The molecule has 2 atom stereocenters. The summed E-state index contributed by atoms with van der Waals surface area (Å²) in [5, 5.41) is 0. The first kappa shape index (κ1) is 12.4. The Balaban J connectivity index is 1.75. The normalized spacial score (nSPS) is 26.5. The van der Waals surface area contributed by atoms with Crippen LogP contribution in [0.5, 0.6) is 5.88 Å². The van der Waals surface area contributed by atoms with Crippen LogP contribution in [0, 0.1) is 11.8 Å². The highest BCUT2D eigenvalue weighted by Gasteiger charge is 2.40. The molecule has 1 aromatic heterocycles. The number of amides is 1. The number of nitrogens with zero attached hydrogens (tertiary/aromatic N) is 3. The number of ether oxygens (including phenoxy) is 1. The average molecular weight is 261 g/mol. The molecule has 0 radical (unpaired) electrons. The zero-order chi connectivity index (χ0) is 13.4. The lowest BCUT2D eigenvalue weighted by Crippen LogP contribution is -2.32. The predicted molar refractivity (Wildman–Crippen MR) is 71.2 cm³/mol. The lowest BCUT2D eigenvalue weighted by Gasteiger charge is -2.20. The summed E-state index contributed by atoms with van der Waals surface area (Å²) in [6, 6.07) is 3.56. The number of methoxy groups -OCH3 is 1. The van der Waals surface area contributed by atoms with E-state index in [9.17, 15) is 4.79 Å². The van der Waals surface area contributed by atoms with E-state index >= 15 is 0 Å². The molecule has 1 amide bonds. The summed E-state index contributed by atoms with van der Waals surface area (Å²) in [6.07, 6.45) is 1.64. The van der Waals surface area contributed by atoms with Gasteiger partial charge in [-0.15, -0.1) is 0 Å². The van der Waals surface area contributed by atoms with Crippen LogP contribution < -0.4 is 4.74 Å². The number of carbonyl (C=O) groups is 1. The molecule has 0 saturated carbocycles.